The van der Waals surface area contributed by atoms with Crippen molar-refractivity contribution in [2.75, 3.05) is 26.1 Å². The number of hydrogen-bond acceptors (Lipinski definition) is 5. The molecule has 8 heteroatoms. The van der Waals surface area contributed by atoms with E-state index in [1.54, 1.807) is 42.5 Å². The second kappa shape index (κ2) is 11.8. The highest BCUT2D eigenvalue weighted by atomic mass is 16.5. The van der Waals surface area contributed by atoms with Gasteiger partial charge in [0.25, 0.3) is 0 Å². The molecule has 1 N–H and O–H groups in total. The quantitative estimate of drug-likeness (QED) is 0.466. The second-order valence-corrected chi connectivity index (χ2v) is 8.03. The molecular formula is C26H31N3O5. The van der Waals surface area contributed by atoms with Gasteiger partial charge in [-0.3, -0.25) is 4.79 Å². The molecule has 1 heterocycles. The molecule has 0 aliphatic rings. The van der Waals surface area contributed by atoms with Gasteiger partial charge >= 0.3 is 6.03 Å². The van der Waals surface area contributed by atoms with Crippen molar-refractivity contribution in [1.82, 2.24) is 9.80 Å². The lowest BCUT2D eigenvalue weighted by Crippen LogP contribution is -2.47. The molecule has 3 aromatic rings. The van der Waals surface area contributed by atoms with Crippen molar-refractivity contribution in [3.63, 3.8) is 0 Å². The minimum absolute atomic E-state index is 0.0878. The van der Waals surface area contributed by atoms with E-state index in [4.69, 9.17) is 13.9 Å². The zero-order chi connectivity index (χ0) is 24.5. The molecule has 8 nitrogen and oxygen atoms in total. The average molecular weight is 466 g/mol. The standard InChI is InChI=1S/C26H31N3O5/c1-19(2)29(26(31)27-23-13-12-21(32-3)15-24(23)33-4)18-25(30)28(17-22-11-8-14-34-22)16-20-9-6-5-7-10-20/h5-15,19H,16-18H2,1-4H3,(H,27,31). The normalized spacial score (nSPS) is 10.6. The van der Waals surface area contributed by atoms with Crippen molar-refractivity contribution < 1.29 is 23.5 Å². The van der Waals surface area contributed by atoms with E-state index in [-0.39, 0.29) is 18.5 Å². The topological polar surface area (TPSA) is 84.3 Å². The van der Waals surface area contributed by atoms with Gasteiger partial charge in [0.2, 0.25) is 5.91 Å². The highest BCUT2D eigenvalue weighted by Gasteiger charge is 2.25. The summed E-state index contributed by atoms with van der Waals surface area (Å²) in [5, 5.41) is 2.85. The van der Waals surface area contributed by atoms with Gasteiger partial charge in [0.15, 0.2) is 0 Å². The second-order valence-electron chi connectivity index (χ2n) is 8.03. The van der Waals surface area contributed by atoms with Crippen LogP contribution in [0, 0.1) is 0 Å². The largest absolute Gasteiger partial charge is 0.497 e. The molecule has 0 saturated heterocycles. The van der Waals surface area contributed by atoms with Crippen LogP contribution in [0.5, 0.6) is 11.5 Å². The third-order valence-electron chi connectivity index (χ3n) is 5.34. The Morgan fingerprint density at radius 2 is 1.74 bits per heavy atom. The smallest absolute Gasteiger partial charge is 0.322 e. The van der Waals surface area contributed by atoms with E-state index in [1.165, 1.54) is 12.0 Å². The van der Waals surface area contributed by atoms with Crippen LogP contribution >= 0.6 is 0 Å². The van der Waals surface area contributed by atoms with E-state index in [1.807, 2.05) is 50.2 Å². The van der Waals surface area contributed by atoms with Crippen molar-refractivity contribution in [2.45, 2.75) is 33.0 Å². The number of anilines is 1. The number of hydrogen-bond donors (Lipinski definition) is 1. The Labute approximate surface area is 200 Å². The summed E-state index contributed by atoms with van der Waals surface area (Å²) >= 11 is 0. The SMILES string of the molecule is COc1ccc(NC(=O)N(CC(=O)N(Cc2ccccc2)Cc2ccco2)C(C)C)c(OC)c1. The molecule has 1 aromatic heterocycles. The molecule has 0 aliphatic carbocycles. The minimum atomic E-state index is -0.399. The van der Waals surface area contributed by atoms with Gasteiger partial charge < -0.3 is 29.0 Å². The molecule has 0 fully saturated rings. The maximum Gasteiger partial charge on any atom is 0.322 e. The van der Waals surface area contributed by atoms with Crippen molar-refractivity contribution in [3.05, 3.63) is 78.3 Å². The monoisotopic (exact) mass is 465 g/mol. The van der Waals surface area contributed by atoms with Crippen LogP contribution in [0.15, 0.2) is 71.3 Å². The number of nitrogens with zero attached hydrogens (tertiary/aromatic N) is 2. The molecule has 0 bridgehead atoms. The molecule has 3 rings (SSSR count). The molecule has 2 aromatic carbocycles. The fourth-order valence-corrected chi connectivity index (χ4v) is 3.45. The zero-order valence-corrected chi connectivity index (χ0v) is 20.0. The van der Waals surface area contributed by atoms with Crippen LogP contribution in [-0.2, 0) is 17.9 Å². The third kappa shape index (κ3) is 6.54. The average Bonchev–Trinajstić information content (AvgIpc) is 3.35. The molecule has 3 amide bonds. The lowest BCUT2D eigenvalue weighted by atomic mass is 10.2. The van der Waals surface area contributed by atoms with Gasteiger partial charge in [-0.05, 0) is 43.7 Å². The maximum atomic E-state index is 13.4. The Hall–Kier alpha value is -3.94. The van der Waals surface area contributed by atoms with Crippen LogP contribution in [0.3, 0.4) is 0 Å². The van der Waals surface area contributed by atoms with E-state index in [0.29, 0.717) is 36.0 Å². The third-order valence-corrected chi connectivity index (χ3v) is 5.34. The van der Waals surface area contributed by atoms with E-state index >= 15 is 0 Å². The van der Waals surface area contributed by atoms with Gasteiger partial charge in [-0.2, -0.15) is 0 Å². The molecule has 0 unspecified atom stereocenters. The first-order valence-electron chi connectivity index (χ1n) is 11.0. The van der Waals surface area contributed by atoms with E-state index in [0.717, 1.165) is 5.56 Å². The van der Waals surface area contributed by atoms with Crippen molar-refractivity contribution >= 4 is 17.6 Å². The predicted octanol–water partition coefficient (Wildman–Crippen LogP) is 4.77. The minimum Gasteiger partial charge on any atom is -0.497 e. The summed E-state index contributed by atoms with van der Waals surface area (Å²) < 4.78 is 16.1. The number of nitrogens with one attached hydrogen (secondary N) is 1. The summed E-state index contributed by atoms with van der Waals surface area (Å²) in [6, 6.07) is 17.8. The zero-order valence-electron chi connectivity index (χ0n) is 20.0. The number of benzene rings is 2. The number of amides is 3. The van der Waals surface area contributed by atoms with Gasteiger partial charge in [-0.25, -0.2) is 4.79 Å². The summed E-state index contributed by atoms with van der Waals surface area (Å²) in [5.41, 5.74) is 1.48. The lowest BCUT2D eigenvalue weighted by molar-refractivity contribution is -0.133. The number of carbonyl (C=O) groups is 2. The summed E-state index contributed by atoms with van der Waals surface area (Å²) in [6.45, 7) is 4.36. The van der Waals surface area contributed by atoms with E-state index in [2.05, 4.69) is 5.32 Å². The fourth-order valence-electron chi connectivity index (χ4n) is 3.45. The molecule has 0 atom stereocenters. The Bertz CT molecular complexity index is 1070. The van der Waals surface area contributed by atoms with Crippen molar-refractivity contribution in [3.8, 4) is 11.5 Å². The number of furan rings is 1. The summed E-state index contributed by atoms with van der Waals surface area (Å²) in [4.78, 5) is 29.7. The Morgan fingerprint density at radius 3 is 2.35 bits per heavy atom. The van der Waals surface area contributed by atoms with Gasteiger partial charge in [0.05, 0.1) is 32.7 Å². The van der Waals surface area contributed by atoms with E-state index < -0.39 is 6.03 Å². The highest BCUT2D eigenvalue weighted by molar-refractivity contribution is 5.94. The van der Waals surface area contributed by atoms with Gasteiger partial charge in [-0.1, -0.05) is 30.3 Å². The molecule has 0 radical (unpaired) electrons. The number of ether oxygens (including phenoxy) is 2. The number of methoxy groups -OCH3 is 2. The van der Waals surface area contributed by atoms with Crippen LogP contribution < -0.4 is 14.8 Å². The lowest BCUT2D eigenvalue weighted by Gasteiger charge is -2.30. The van der Waals surface area contributed by atoms with Gasteiger partial charge in [-0.15, -0.1) is 0 Å². The van der Waals surface area contributed by atoms with Crippen LogP contribution in [0.25, 0.3) is 0 Å². The molecular weight excluding hydrogens is 434 g/mol. The number of rotatable bonds is 10. The van der Waals surface area contributed by atoms with Crippen molar-refractivity contribution in [1.29, 1.82) is 0 Å². The highest BCUT2D eigenvalue weighted by Crippen LogP contribution is 2.29. The first-order chi connectivity index (χ1) is 16.4. The van der Waals surface area contributed by atoms with Crippen molar-refractivity contribution in [2.24, 2.45) is 0 Å². The Balaban J connectivity index is 1.76. The first kappa shape index (κ1) is 24.7. The van der Waals surface area contributed by atoms with E-state index in [9.17, 15) is 9.59 Å². The van der Waals surface area contributed by atoms with Gasteiger partial charge in [0.1, 0.15) is 23.8 Å². The fraction of sp³-hybridized carbons (Fsp3) is 0.308. The predicted molar refractivity (Wildman–Crippen MR) is 130 cm³/mol. The molecule has 34 heavy (non-hydrogen) atoms. The summed E-state index contributed by atoms with van der Waals surface area (Å²) in [7, 11) is 3.08. The Kier molecular flexibility index (Phi) is 8.56. The number of carbonyl (C=O) groups excluding carboxylic acids is 2. The van der Waals surface area contributed by atoms with Crippen LogP contribution in [0.2, 0.25) is 0 Å². The molecule has 0 saturated carbocycles. The molecule has 0 spiro atoms. The maximum absolute atomic E-state index is 13.4. The molecule has 0 aliphatic heterocycles. The molecule has 180 valence electrons. The van der Waals surface area contributed by atoms with Gasteiger partial charge in [0, 0.05) is 18.7 Å². The summed E-state index contributed by atoms with van der Waals surface area (Å²) in [6.07, 6.45) is 1.58. The van der Waals surface area contributed by atoms with Crippen LogP contribution in [0.4, 0.5) is 10.5 Å². The first-order valence-corrected chi connectivity index (χ1v) is 11.0. The van der Waals surface area contributed by atoms with Crippen LogP contribution in [0.1, 0.15) is 25.2 Å². The number of urea groups is 1. The summed E-state index contributed by atoms with van der Waals surface area (Å²) in [5.74, 6) is 1.56. The van der Waals surface area contributed by atoms with Crippen LogP contribution in [-0.4, -0.2) is 48.5 Å². The Morgan fingerprint density at radius 1 is 0.971 bits per heavy atom.